The minimum Gasteiger partial charge on any atom is -0.466 e. The monoisotopic (exact) mass is 228 g/mol. The number of hydrogen-bond acceptors (Lipinski definition) is 3. The van der Waals surface area contributed by atoms with E-state index in [1.165, 1.54) is 0 Å². The van der Waals surface area contributed by atoms with Gasteiger partial charge in [-0.15, -0.1) is 0 Å². The Labute approximate surface area is 90.7 Å². The molecule has 0 spiro atoms. The Morgan fingerprint density at radius 2 is 2.13 bits per heavy atom. The highest BCUT2D eigenvalue weighted by Gasteiger charge is 2.36. The third kappa shape index (κ3) is 1.95. The van der Waals surface area contributed by atoms with Gasteiger partial charge in [-0.25, -0.2) is 8.42 Å². The summed E-state index contributed by atoms with van der Waals surface area (Å²) in [5, 5.41) is 0. The van der Waals surface area contributed by atoms with E-state index in [2.05, 4.69) is 0 Å². The summed E-state index contributed by atoms with van der Waals surface area (Å²) < 4.78 is 28.6. The summed E-state index contributed by atoms with van der Waals surface area (Å²) in [5.41, 5.74) is 0.944. The third-order valence-electron chi connectivity index (χ3n) is 2.91. The molecule has 84 valence electrons. The Bertz CT molecular complexity index is 440. The molecule has 1 fully saturated rings. The van der Waals surface area contributed by atoms with Gasteiger partial charge in [-0.2, -0.15) is 0 Å². The molecule has 1 saturated heterocycles. The van der Waals surface area contributed by atoms with Crippen molar-refractivity contribution in [2.24, 2.45) is 11.8 Å². The van der Waals surface area contributed by atoms with E-state index in [0.717, 1.165) is 17.1 Å². The standard InChI is InChI=1S/C11H16O3S/c1-7(2)11-4-9-5-15(12,13)6-10(9)8(3)14-11/h4,7,9H,5-6H2,1-3H3. The van der Waals surface area contributed by atoms with Crippen molar-refractivity contribution in [3.8, 4) is 0 Å². The van der Waals surface area contributed by atoms with Gasteiger partial charge in [-0.3, -0.25) is 0 Å². The maximum absolute atomic E-state index is 11.5. The molecule has 0 radical (unpaired) electrons. The van der Waals surface area contributed by atoms with E-state index < -0.39 is 9.84 Å². The van der Waals surface area contributed by atoms with Crippen molar-refractivity contribution in [3.05, 3.63) is 23.2 Å². The van der Waals surface area contributed by atoms with Crippen LogP contribution in [0.4, 0.5) is 0 Å². The highest BCUT2D eigenvalue weighted by Crippen LogP contribution is 2.36. The molecule has 0 aromatic heterocycles. The number of sulfone groups is 1. The van der Waals surface area contributed by atoms with Crippen molar-refractivity contribution in [2.45, 2.75) is 20.8 Å². The molecule has 0 aromatic carbocycles. The Hall–Kier alpha value is -0.770. The van der Waals surface area contributed by atoms with Crippen molar-refractivity contribution in [3.63, 3.8) is 0 Å². The van der Waals surface area contributed by atoms with Crippen LogP contribution in [0.2, 0.25) is 0 Å². The Kier molecular flexibility index (Phi) is 2.41. The van der Waals surface area contributed by atoms with E-state index in [1.807, 2.05) is 26.8 Å². The number of fused-ring (bicyclic) bond motifs is 1. The second-order valence-electron chi connectivity index (χ2n) is 4.57. The molecule has 0 saturated carbocycles. The number of rotatable bonds is 1. The molecule has 15 heavy (non-hydrogen) atoms. The Morgan fingerprint density at radius 1 is 1.47 bits per heavy atom. The summed E-state index contributed by atoms with van der Waals surface area (Å²) in [6.45, 7) is 5.96. The van der Waals surface area contributed by atoms with Crippen LogP contribution in [0.3, 0.4) is 0 Å². The quantitative estimate of drug-likeness (QED) is 0.688. The fraction of sp³-hybridized carbons (Fsp3) is 0.636. The normalized spacial score (nSPS) is 28.8. The van der Waals surface area contributed by atoms with Gasteiger partial charge in [0.25, 0.3) is 0 Å². The van der Waals surface area contributed by atoms with Gasteiger partial charge in [0.1, 0.15) is 11.5 Å². The van der Waals surface area contributed by atoms with Crippen LogP contribution in [0.25, 0.3) is 0 Å². The van der Waals surface area contributed by atoms with Gasteiger partial charge in [0.15, 0.2) is 9.84 Å². The molecule has 3 nitrogen and oxygen atoms in total. The molecule has 2 aliphatic rings. The lowest BCUT2D eigenvalue weighted by Gasteiger charge is -2.23. The first-order valence-electron chi connectivity index (χ1n) is 5.18. The van der Waals surface area contributed by atoms with Crippen LogP contribution in [0.15, 0.2) is 23.2 Å². The summed E-state index contributed by atoms with van der Waals surface area (Å²) in [4.78, 5) is 0. The third-order valence-corrected chi connectivity index (χ3v) is 4.53. The summed E-state index contributed by atoms with van der Waals surface area (Å²) in [6.07, 6.45) is 1.97. The number of allylic oxidation sites excluding steroid dienone is 3. The smallest absolute Gasteiger partial charge is 0.155 e. The van der Waals surface area contributed by atoms with Crippen LogP contribution in [0.1, 0.15) is 20.8 Å². The fourth-order valence-corrected chi connectivity index (χ4v) is 3.93. The van der Waals surface area contributed by atoms with E-state index in [4.69, 9.17) is 4.74 Å². The molecule has 0 bridgehead atoms. The molecule has 0 aliphatic carbocycles. The van der Waals surface area contributed by atoms with Gasteiger partial charge in [0.2, 0.25) is 0 Å². The van der Waals surface area contributed by atoms with E-state index in [1.54, 1.807) is 0 Å². The largest absolute Gasteiger partial charge is 0.466 e. The van der Waals surface area contributed by atoms with Gasteiger partial charge < -0.3 is 4.74 Å². The number of ether oxygens (including phenoxy) is 1. The topological polar surface area (TPSA) is 43.4 Å². The molecule has 1 unspecified atom stereocenters. The minimum atomic E-state index is -2.89. The fourth-order valence-electron chi connectivity index (χ4n) is 2.07. The Morgan fingerprint density at radius 3 is 2.73 bits per heavy atom. The molecule has 0 N–H and O–H groups in total. The summed E-state index contributed by atoms with van der Waals surface area (Å²) in [5.74, 6) is 2.47. The molecule has 4 heteroatoms. The van der Waals surface area contributed by atoms with Crippen LogP contribution < -0.4 is 0 Å². The van der Waals surface area contributed by atoms with Crippen LogP contribution >= 0.6 is 0 Å². The number of hydrogen-bond donors (Lipinski definition) is 0. The Balaban J connectivity index is 2.36. The van der Waals surface area contributed by atoms with Crippen LogP contribution in [-0.2, 0) is 14.6 Å². The second kappa shape index (κ2) is 3.37. The average molecular weight is 228 g/mol. The molecule has 0 aromatic rings. The van der Waals surface area contributed by atoms with Crippen molar-refractivity contribution in [2.75, 3.05) is 11.5 Å². The van der Waals surface area contributed by atoms with Gasteiger partial charge >= 0.3 is 0 Å². The average Bonchev–Trinajstić information content (AvgIpc) is 2.39. The van der Waals surface area contributed by atoms with Crippen molar-refractivity contribution >= 4 is 9.84 Å². The SMILES string of the molecule is CC1=C2CS(=O)(=O)CC2C=C(C(C)C)O1. The van der Waals surface area contributed by atoms with Gasteiger partial charge in [0.05, 0.1) is 11.5 Å². The lowest BCUT2D eigenvalue weighted by atomic mass is 9.96. The highest BCUT2D eigenvalue weighted by molar-refractivity contribution is 7.91. The molecular weight excluding hydrogens is 212 g/mol. The van der Waals surface area contributed by atoms with Crippen LogP contribution in [-0.4, -0.2) is 19.9 Å². The molecule has 2 heterocycles. The van der Waals surface area contributed by atoms with Crippen molar-refractivity contribution in [1.29, 1.82) is 0 Å². The van der Waals surface area contributed by atoms with E-state index in [-0.39, 0.29) is 17.4 Å². The molecular formula is C11H16O3S. The summed E-state index contributed by atoms with van der Waals surface area (Å²) in [7, 11) is -2.89. The highest BCUT2D eigenvalue weighted by atomic mass is 32.2. The van der Waals surface area contributed by atoms with E-state index in [9.17, 15) is 8.42 Å². The maximum atomic E-state index is 11.5. The second-order valence-corrected chi connectivity index (χ2v) is 6.68. The van der Waals surface area contributed by atoms with E-state index in [0.29, 0.717) is 5.92 Å². The zero-order valence-electron chi connectivity index (χ0n) is 9.28. The molecule has 2 aliphatic heterocycles. The summed E-state index contributed by atoms with van der Waals surface area (Å²) in [6, 6.07) is 0. The first kappa shape index (κ1) is 10.7. The van der Waals surface area contributed by atoms with Gasteiger partial charge in [0, 0.05) is 11.8 Å². The predicted molar refractivity (Wildman–Crippen MR) is 58.8 cm³/mol. The minimum absolute atomic E-state index is 0.0566. The zero-order valence-corrected chi connectivity index (χ0v) is 10.1. The molecule has 0 amide bonds. The molecule has 1 atom stereocenters. The van der Waals surface area contributed by atoms with Gasteiger partial charge in [-0.1, -0.05) is 13.8 Å². The van der Waals surface area contributed by atoms with Crippen molar-refractivity contribution in [1.82, 2.24) is 0 Å². The lowest BCUT2D eigenvalue weighted by molar-refractivity contribution is 0.249. The first-order valence-corrected chi connectivity index (χ1v) is 7.01. The zero-order chi connectivity index (χ0) is 11.2. The maximum Gasteiger partial charge on any atom is 0.155 e. The predicted octanol–water partition coefficient (Wildman–Crippen LogP) is 1.88. The van der Waals surface area contributed by atoms with E-state index >= 15 is 0 Å². The molecule has 2 rings (SSSR count). The van der Waals surface area contributed by atoms with Crippen LogP contribution in [0.5, 0.6) is 0 Å². The lowest BCUT2D eigenvalue weighted by Crippen LogP contribution is -2.13. The van der Waals surface area contributed by atoms with Crippen molar-refractivity contribution < 1.29 is 13.2 Å². The van der Waals surface area contributed by atoms with Crippen LogP contribution in [0, 0.1) is 11.8 Å². The summed E-state index contributed by atoms with van der Waals surface area (Å²) >= 11 is 0. The van der Waals surface area contributed by atoms with Gasteiger partial charge in [-0.05, 0) is 18.6 Å². The first-order chi connectivity index (χ1) is 6.89.